The van der Waals surface area contributed by atoms with Crippen LogP contribution < -0.4 is 15.0 Å². The van der Waals surface area contributed by atoms with Gasteiger partial charge < -0.3 is 39.2 Å². The number of hydrogen-bond acceptors (Lipinski definition) is 9. The van der Waals surface area contributed by atoms with Crippen LogP contribution in [-0.2, 0) is 33.4 Å². The number of aliphatic hydroxyl groups excluding tert-OH is 1. The number of benzene rings is 3. The van der Waals surface area contributed by atoms with Gasteiger partial charge in [-0.1, -0.05) is 88.7 Å². The molecular formula is C43H48BrN3O9. The van der Waals surface area contributed by atoms with Gasteiger partial charge in [0.05, 0.1) is 50.3 Å². The van der Waals surface area contributed by atoms with Crippen molar-refractivity contribution in [2.75, 3.05) is 38.9 Å². The van der Waals surface area contributed by atoms with Gasteiger partial charge in [0.15, 0.2) is 0 Å². The molecule has 6 rings (SSSR count). The van der Waals surface area contributed by atoms with E-state index in [4.69, 9.17) is 18.9 Å². The van der Waals surface area contributed by atoms with Crippen LogP contribution in [0.2, 0.25) is 0 Å². The molecule has 3 aliphatic heterocycles. The summed E-state index contributed by atoms with van der Waals surface area (Å²) in [5.74, 6) is -3.64. The van der Waals surface area contributed by atoms with Crippen LogP contribution in [-0.4, -0.2) is 96.3 Å². The van der Waals surface area contributed by atoms with E-state index >= 15 is 9.59 Å². The third kappa shape index (κ3) is 7.77. The molecule has 1 unspecified atom stereocenters. The molecule has 0 radical (unpaired) electrons. The number of allylic oxidation sites excluding steroid dienone is 1. The lowest BCUT2D eigenvalue weighted by Crippen LogP contribution is -2.57. The number of esters is 1. The molecule has 0 aromatic heterocycles. The lowest BCUT2D eigenvalue weighted by molar-refractivity contribution is -0.163. The summed E-state index contributed by atoms with van der Waals surface area (Å²) in [6.45, 7) is 7.22. The number of hydrogen-bond donors (Lipinski definition) is 2. The van der Waals surface area contributed by atoms with Crippen molar-refractivity contribution in [2.45, 2.75) is 60.0 Å². The molecule has 56 heavy (non-hydrogen) atoms. The Bertz CT molecular complexity index is 1880. The van der Waals surface area contributed by atoms with Gasteiger partial charge in [-0.15, -0.1) is 13.2 Å². The Kier molecular flexibility index (Phi) is 13.1. The number of ether oxygens (including phenoxy) is 4. The van der Waals surface area contributed by atoms with Gasteiger partial charge >= 0.3 is 5.97 Å². The average Bonchev–Trinajstić information content (AvgIpc) is 3.82. The fourth-order valence-electron chi connectivity index (χ4n) is 8.47. The smallest absolute Gasteiger partial charge is 0.313 e. The highest BCUT2D eigenvalue weighted by atomic mass is 79.9. The van der Waals surface area contributed by atoms with Crippen molar-refractivity contribution < 1.29 is 43.2 Å². The quantitative estimate of drug-likeness (QED) is 0.102. The highest BCUT2D eigenvalue weighted by molar-refractivity contribution is 9.09. The average molecular weight is 831 g/mol. The second-order valence-corrected chi connectivity index (χ2v) is 15.4. The summed E-state index contributed by atoms with van der Waals surface area (Å²) in [7, 11) is 3.04. The number of methoxy groups -OCH3 is 2. The number of nitrogens with one attached hydrogen (secondary N) is 1. The molecule has 296 valence electrons. The van der Waals surface area contributed by atoms with Crippen LogP contribution in [0.5, 0.6) is 5.75 Å². The van der Waals surface area contributed by atoms with Crippen molar-refractivity contribution >= 4 is 45.3 Å². The van der Waals surface area contributed by atoms with Crippen LogP contribution in [0, 0.1) is 11.8 Å². The highest BCUT2D eigenvalue weighted by Gasteiger charge is 2.78. The SMILES string of the molecule is C=CCCC(=O)N[C@H](COC)[C@H](OC(=O)[C@H]1[C@@H]2O[C@@]3(CC2Br)[C@@H]1C(=O)N([C@H](CO)c1ccccc1)[C@@H]3C(=O)N(CC=C)c1ccc(OC)cc1)c1ccccc1. The van der Waals surface area contributed by atoms with E-state index in [9.17, 15) is 14.7 Å². The number of halogens is 1. The van der Waals surface area contributed by atoms with E-state index in [-0.39, 0.29) is 31.9 Å². The largest absolute Gasteiger partial charge is 0.497 e. The summed E-state index contributed by atoms with van der Waals surface area (Å²) < 4.78 is 24.0. The van der Waals surface area contributed by atoms with Gasteiger partial charge in [0.25, 0.3) is 5.91 Å². The summed E-state index contributed by atoms with van der Waals surface area (Å²) >= 11 is 3.75. The molecule has 0 saturated carbocycles. The molecule has 13 heteroatoms. The maximum atomic E-state index is 15.2. The van der Waals surface area contributed by atoms with Crippen LogP contribution in [0.25, 0.3) is 0 Å². The van der Waals surface area contributed by atoms with Crippen LogP contribution in [0.3, 0.4) is 0 Å². The number of carbonyl (C=O) groups excluding carboxylic acids is 4. The lowest BCUT2D eigenvalue weighted by atomic mass is 9.70. The summed E-state index contributed by atoms with van der Waals surface area (Å²) in [6.07, 6.45) is 2.28. The molecule has 0 aliphatic carbocycles. The zero-order chi connectivity index (χ0) is 40.0. The first-order chi connectivity index (χ1) is 27.1. The van der Waals surface area contributed by atoms with Crippen LogP contribution >= 0.6 is 15.9 Å². The zero-order valence-electron chi connectivity index (χ0n) is 31.5. The molecule has 2 bridgehead atoms. The van der Waals surface area contributed by atoms with Gasteiger partial charge in [0.1, 0.15) is 23.5 Å². The van der Waals surface area contributed by atoms with Crippen molar-refractivity contribution in [1.82, 2.24) is 10.2 Å². The topological polar surface area (TPSA) is 144 Å². The Morgan fingerprint density at radius 3 is 2.27 bits per heavy atom. The Morgan fingerprint density at radius 2 is 1.68 bits per heavy atom. The van der Waals surface area contributed by atoms with Crippen LogP contribution in [0.1, 0.15) is 42.5 Å². The summed E-state index contributed by atoms with van der Waals surface area (Å²) in [4.78, 5) is 60.6. The third-order valence-electron chi connectivity index (χ3n) is 10.9. The van der Waals surface area contributed by atoms with Crippen molar-refractivity contribution in [1.29, 1.82) is 0 Å². The lowest BCUT2D eigenvalue weighted by Gasteiger charge is -2.39. The number of nitrogens with zero attached hydrogens (tertiary/aromatic N) is 2. The molecule has 3 aliphatic rings. The fraction of sp³-hybridized carbons (Fsp3) is 0.395. The molecule has 2 N–H and O–H groups in total. The van der Waals surface area contributed by atoms with Crippen molar-refractivity contribution in [2.24, 2.45) is 11.8 Å². The molecule has 3 fully saturated rings. The number of anilines is 1. The van der Waals surface area contributed by atoms with Crippen molar-refractivity contribution in [3.63, 3.8) is 0 Å². The third-order valence-corrected chi connectivity index (χ3v) is 11.7. The Labute approximate surface area is 335 Å². The number of rotatable bonds is 18. The highest BCUT2D eigenvalue weighted by Crippen LogP contribution is 2.61. The van der Waals surface area contributed by atoms with Crippen molar-refractivity contribution in [3.8, 4) is 5.75 Å². The monoisotopic (exact) mass is 829 g/mol. The first kappa shape index (κ1) is 40.8. The first-order valence-corrected chi connectivity index (χ1v) is 19.6. The van der Waals surface area contributed by atoms with E-state index in [1.165, 1.54) is 16.9 Å². The minimum absolute atomic E-state index is 0.0226. The first-order valence-electron chi connectivity index (χ1n) is 18.6. The molecule has 3 heterocycles. The molecule has 9 atom stereocenters. The van der Waals surface area contributed by atoms with E-state index in [0.29, 0.717) is 29.0 Å². The van der Waals surface area contributed by atoms with Crippen LogP contribution in [0.4, 0.5) is 5.69 Å². The van der Waals surface area contributed by atoms with E-state index in [1.807, 2.05) is 12.1 Å². The second kappa shape index (κ2) is 18.0. The molecule has 3 aromatic rings. The molecular weight excluding hydrogens is 782 g/mol. The zero-order valence-corrected chi connectivity index (χ0v) is 33.1. The standard InChI is InChI=1S/C43H48BrN3O9/c1-5-7-18-34(49)45-32(26-53-3)37(28-16-12-9-13-17-28)55-42(52)35-36-40(50)47(33(25-48)27-14-10-8-11-15-27)39(43(36)24-31(44)38(35)56-43)41(51)46(23-6-2)29-19-21-30(54-4)22-20-29/h5-6,8-17,19-22,31-33,35-39,48H,1-2,7,18,23-26H2,3-4H3,(H,45,49)/t31?,32-,33-,35-,36+,37-,38-,39-,43+/m1/s1. The van der Waals surface area contributed by atoms with Gasteiger partial charge in [-0.05, 0) is 48.2 Å². The summed E-state index contributed by atoms with van der Waals surface area (Å²) in [5.41, 5.74) is 0.280. The van der Waals surface area contributed by atoms with Gasteiger partial charge in [0, 0.05) is 30.6 Å². The maximum absolute atomic E-state index is 15.2. The van der Waals surface area contributed by atoms with Crippen molar-refractivity contribution in [3.05, 3.63) is 121 Å². The van der Waals surface area contributed by atoms with E-state index in [2.05, 4.69) is 34.4 Å². The fourth-order valence-corrected chi connectivity index (χ4v) is 9.41. The number of fused-ring (bicyclic) bond motifs is 1. The predicted molar refractivity (Wildman–Crippen MR) is 213 cm³/mol. The molecule has 3 aromatic carbocycles. The Morgan fingerprint density at radius 1 is 1.02 bits per heavy atom. The Hall–Kier alpha value is -4.82. The van der Waals surface area contributed by atoms with Gasteiger partial charge in [0.2, 0.25) is 11.8 Å². The summed E-state index contributed by atoms with van der Waals surface area (Å²) in [5, 5.41) is 13.9. The van der Waals surface area contributed by atoms with Crippen LogP contribution in [0.15, 0.2) is 110 Å². The summed E-state index contributed by atoms with van der Waals surface area (Å²) in [6, 6.07) is 22.0. The van der Waals surface area contributed by atoms with E-state index in [1.54, 1.807) is 92.1 Å². The Balaban J connectivity index is 1.42. The molecule has 3 saturated heterocycles. The van der Waals surface area contributed by atoms with E-state index < -0.39 is 77.0 Å². The molecule has 3 amide bonds. The van der Waals surface area contributed by atoms with Gasteiger partial charge in [-0.25, -0.2) is 0 Å². The number of alkyl halides is 1. The van der Waals surface area contributed by atoms with Gasteiger partial charge in [-0.3, -0.25) is 19.2 Å². The van der Waals surface area contributed by atoms with E-state index in [0.717, 1.165) is 0 Å². The van der Waals surface area contributed by atoms with Gasteiger partial charge in [-0.2, -0.15) is 0 Å². The number of amides is 3. The number of carbonyl (C=O) groups is 4. The molecule has 1 spiro atoms. The normalized spacial score (nSPS) is 25.1. The minimum Gasteiger partial charge on any atom is -0.497 e. The maximum Gasteiger partial charge on any atom is 0.313 e. The molecule has 12 nitrogen and oxygen atoms in total. The number of likely N-dealkylation sites (tertiary alicyclic amines) is 1. The number of aliphatic hydroxyl groups is 1. The second-order valence-electron chi connectivity index (χ2n) is 14.2. The minimum atomic E-state index is -1.47. The predicted octanol–water partition coefficient (Wildman–Crippen LogP) is 5.08.